The van der Waals surface area contributed by atoms with Gasteiger partial charge in [-0.15, -0.1) is 0 Å². The van der Waals surface area contributed by atoms with Crippen molar-refractivity contribution in [2.45, 2.75) is 19.3 Å². The Labute approximate surface area is 123 Å². The summed E-state index contributed by atoms with van der Waals surface area (Å²) >= 11 is 0. The number of hydrogen-bond acceptors (Lipinski definition) is 0. The molecule has 0 aromatic heterocycles. The van der Waals surface area contributed by atoms with Crippen LogP contribution in [0.4, 0.5) is 0 Å². The quantitative estimate of drug-likeness (QED) is 0.719. The van der Waals surface area contributed by atoms with E-state index in [0.29, 0.717) is 0 Å². The molecule has 0 nitrogen and oxygen atoms in total. The predicted octanol–water partition coefficient (Wildman–Crippen LogP) is 0.843. The Morgan fingerprint density at radius 3 is 1.42 bits per heavy atom. The molecule has 0 amide bonds. The first-order valence-corrected chi connectivity index (χ1v) is 9.06. The maximum absolute atomic E-state index is 2.35. The SMILES string of the molecule is [Cl-].c1ccc([P+]2(c3ccccc3)CCCCC2)cc1. The Morgan fingerprint density at radius 2 is 1.00 bits per heavy atom. The molecule has 0 atom stereocenters. The Morgan fingerprint density at radius 1 is 0.579 bits per heavy atom. The summed E-state index contributed by atoms with van der Waals surface area (Å²) < 4.78 is 0. The average molecular weight is 291 g/mol. The van der Waals surface area contributed by atoms with E-state index in [0.717, 1.165) is 0 Å². The lowest BCUT2D eigenvalue weighted by molar-refractivity contribution is -0.00000356. The van der Waals surface area contributed by atoms with Gasteiger partial charge in [0, 0.05) is 0 Å². The van der Waals surface area contributed by atoms with Gasteiger partial charge in [-0.05, 0) is 43.5 Å². The van der Waals surface area contributed by atoms with Crippen LogP contribution in [0.5, 0.6) is 0 Å². The van der Waals surface area contributed by atoms with Crippen LogP contribution in [0.15, 0.2) is 60.7 Å². The molecule has 2 heteroatoms. The van der Waals surface area contributed by atoms with Crippen LogP contribution in [-0.4, -0.2) is 12.3 Å². The van der Waals surface area contributed by atoms with E-state index in [-0.39, 0.29) is 12.4 Å². The molecule has 0 bridgehead atoms. The van der Waals surface area contributed by atoms with E-state index in [4.69, 9.17) is 0 Å². The summed E-state index contributed by atoms with van der Waals surface area (Å²) in [5, 5.41) is 3.21. The molecule has 1 saturated heterocycles. The Hall–Kier alpha value is -0.840. The number of hydrogen-bond donors (Lipinski definition) is 0. The number of rotatable bonds is 2. The van der Waals surface area contributed by atoms with Crippen LogP contribution in [-0.2, 0) is 0 Å². The van der Waals surface area contributed by atoms with E-state index >= 15 is 0 Å². The Kier molecular flexibility index (Phi) is 5.02. The average Bonchev–Trinajstić information content (AvgIpc) is 2.50. The van der Waals surface area contributed by atoms with Crippen molar-refractivity contribution < 1.29 is 12.4 Å². The standard InChI is InChI=1S/C17H20P.ClH/c1-4-10-16(11-5-1)18(14-8-3-9-15-18)17-12-6-2-7-13-17;/h1-2,4-7,10-13H,3,8-9,14-15H2;1H/q+1;/p-1. The molecule has 0 spiro atoms. The summed E-state index contributed by atoms with van der Waals surface area (Å²) in [5.41, 5.74) is 0. The highest BCUT2D eigenvalue weighted by Crippen LogP contribution is 2.59. The molecule has 0 saturated carbocycles. The van der Waals surface area contributed by atoms with Crippen molar-refractivity contribution in [3.63, 3.8) is 0 Å². The molecule has 2 aromatic rings. The highest BCUT2D eigenvalue weighted by atomic mass is 35.5. The normalized spacial score (nSPS) is 17.5. The molecule has 0 aliphatic carbocycles. The molecule has 1 heterocycles. The number of halogens is 1. The van der Waals surface area contributed by atoms with Crippen molar-refractivity contribution in [1.29, 1.82) is 0 Å². The molecular weight excluding hydrogens is 271 g/mol. The molecule has 1 aliphatic heterocycles. The first-order valence-electron chi connectivity index (χ1n) is 6.90. The predicted molar refractivity (Wildman–Crippen MR) is 82.7 cm³/mol. The van der Waals surface area contributed by atoms with Crippen LogP contribution in [0.3, 0.4) is 0 Å². The molecule has 1 fully saturated rings. The van der Waals surface area contributed by atoms with Gasteiger partial charge in [-0.3, -0.25) is 0 Å². The largest absolute Gasteiger partial charge is 1.00 e. The van der Waals surface area contributed by atoms with E-state index in [9.17, 15) is 0 Å². The third-order valence-electron chi connectivity index (χ3n) is 4.08. The highest BCUT2D eigenvalue weighted by molar-refractivity contribution is 7.89. The zero-order chi connectivity index (χ0) is 12.3. The summed E-state index contributed by atoms with van der Waals surface area (Å²) in [4.78, 5) is 0. The van der Waals surface area contributed by atoms with Crippen molar-refractivity contribution in [3.8, 4) is 0 Å². The highest BCUT2D eigenvalue weighted by Gasteiger charge is 2.43. The van der Waals surface area contributed by atoms with Gasteiger partial charge in [0.2, 0.25) is 0 Å². The van der Waals surface area contributed by atoms with E-state index in [1.165, 1.54) is 31.6 Å². The third kappa shape index (κ3) is 2.86. The lowest BCUT2D eigenvalue weighted by Crippen LogP contribution is -3.00. The zero-order valence-electron chi connectivity index (χ0n) is 11.1. The third-order valence-corrected chi connectivity index (χ3v) is 8.81. The van der Waals surface area contributed by atoms with Gasteiger partial charge in [-0.1, -0.05) is 36.4 Å². The second kappa shape index (κ2) is 6.55. The minimum absolute atomic E-state index is 0. The molecule has 0 unspecified atom stereocenters. The maximum Gasteiger partial charge on any atom is 0.0991 e. The molecule has 0 radical (unpaired) electrons. The van der Waals surface area contributed by atoms with Gasteiger partial charge in [0.15, 0.2) is 0 Å². The van der Waals surface area contributed by atoms with Gasteiger partial charge < -0.3 is 12.4 Å². The minimum atomic E-state index is -1.09. The van der Waals surface area contributed by atoms with Gasteiger partial charge in [0.05, 0.1) is 30.2 Å². The molecular formula is C17H20ClP. The molecule has 1 aliphatic rings. The fourth-order valence-electron chi connectivity index (χ4n) is 3.14. The van der Waals surface area contributed by atoms with E-state index in [1.807, 2.05) is 0 Å². The van der Waals surface area contributed by atoms with Crippen LogP contribution in [0.25, 0.3) is 0 Å². The Balaban J connectivity index is 0.00000133. The van der Waals surface area contributed by atoms with E-state index < -0.39 is 7.26 Å². The van der Waals surface area contributed by atoms with Crippen molar-refractivity contribution in [1.82, 2.24) is 0 Å². The van der Waals surface area contributed by atoms with Crippen molar-refractivity contribution in [2.75, 3.05) is 12.3 Å². The summed E-state index contributed by atoms with van der Waals surface area (Å²) in [5.74, 6) is 0. The van der Waals surface area contributed by atoms with Crippen molar-refractivity contribution >= 4 is 17.9 Å². The van der Waals surface area contributed by atoms with Crippen molar-refractivity contribution in [2.24, 2.45) is 0 Å². The minimum Gasteiger partial charge on any atom is -1.00 e. The lowest BCUT2D eigenvalue weighted by atomic mass is 10.3. The second-order valence-corrected chi connectivity index (χ2v) is 9.01. The molecule has 100 valence electrons. The van der Waals surface area contributed by atoms with E-state index in [1.54, 1.807) is 10.6 Å². The van der Waals surface area contributed by atoms with Gasteiger partial charge in [0.25, 0.3) is 0 Å². The number of benzene rings is 2. The van der Waals surface area contributed by atoms with Gasteiger partial charge in [-0.25, -0.2) is 0 Å². The van der Waals surface area contributed by atoms with Crippen LogP contribution >= 0.6 is 7.26 Å². The maximum atomic E-state index is 2.35. The van der Waals surface area contributed by atoms with Gasteiger partial charge in [-0.2, -0.15) is 0 Å². The van der Waals surface area contributed by atoms with Crippen molar-refractivity contribution in [3.05, 3.63) is 60.7 Å². The van der Waals surface area contributed by atoms with Gasteiger partial charge >= 0.3 is 0 Å². The molecule has 2 aromatic carbocycles. The fraction of sp³-hybridized carbons (Fsp3) is 0.294. The second-order valence-electron chi connectivity index (χ2n) is 5.15. The molecule has 3 rings (SSSR count). The monoisotopic (exact) mass is 290 g/mol. The Bertz CT molecular complexity index is 448. The summed E-state index contributed by atoms with van der Waals surface area (Å²) in [6.07, 6.45) is 7.03. The smallest absolute Gasteiger partial charge is 0.0991 e. The molecule has 19 heavy (non-hydrogen) atoms. The van der Waals surface area contributed by atoms with Crippen LogP contribution in [0, 0.1) is 0 Å². The van der Waals surface area contributed by atoms with Crippen LogP contribution in [0.1, 0.15) is 19.3 Å². The summed E-state index contributed by atoms with van der Waals surface area (Å²) in [6, 6.07) is 22.5. The zero-order valence-corrected chi connectivity index (χ0v) is 12.8. The lowest BCUT2D eigenvalue weighted by Gasteiger charge is -2.30. The first-order chi connectivity index (χ1) is 8.92. The first kappa shape index (κ1) is 14.6. The summed E-state index contributed by atoms with van der Waals surface area (Å²) in [7, 11) is -1.09. The topological polar surface area (TPSA) is 0 Å². The van der Waals surface area contributed by atoms with E-state index in [2.05, 4.69) is 60.7 Å². The summed E-state index contributed by atoms with van der Waals surface area (Å²) in [6.45, 7) is 0. The van der Waals surface area contributed by atoms with Gasteiger partial charge in [0.1, 0.15) is 0 Å². The van der Waals surface area contributed by atoms with Crippen LogP contribution in [0.2, 0.25) is 0 Å². The molecule has 0 N–H and O–H groups in total. The van der Waals surface area contributed by atoms with Crippen LogP contribution < -0.4 is 23.0 Å². The fourth-order valence-corrected chi connectivity index (χ4v) is 7.71.